The lowest BCUT2D eigenvalue weighted by Gasteiger charge is -2.25. The lowest BCUT2D eigenvalue weighted by atomic mass is 9.87. The zero-order valence-corrected chi connectivity index (χ0v) is 20.5. The molecule has 5 rings (SSSR count). The number of hydrogen-bond donors (Lipinski definition) is 0. The van der Waals surface area contributed by atoms with Gasteiger partial charge in [-0.05, 0) is 54.3 Å². The number of nitrogens with zero attached hydrogens (tertiary/aromatic N) is 2. The van der Waals surface area contributed by atoms with Crippen LogP contribution in [-0.4, -0.2) is 22.4 Å². The van der Waals surface area contributed by atoms with Crippen molar-refractivity contribution < 1.29 is 14.3 Å². The van der Waals surface area contributed by atoms with Gasteiger partial charge in [-0.15, -0.1) is 11.8 Å². The SMILES string of the molecule is COc1cccc(SCc2c(OC(Cn3ccnc3)c3ccccc3)ccc3c2CCCC3=O)c1. The van der Waals surface area contributed by atoms with Crippen LogP contribution < -0.4 is 9.47 Å². The third-order valence-corrected chi connectivity index (χ3v) is 7.34. The van der Waals surface area contributed by atoms with Crippen LogP contribution in [0, 0.1) is 0 Å². The van der Waals surface area contributed by atoms with E-state index in [0.717, 1.165) is 51.5 Å². The van der Waals surface area contributed by atoms with Crippen LogP contribution in [0.1, 0.15) is 46.0 Å². The normalized spacial score (nSPS) is 13.8. The first kappa shape index (κ1) is 23.2. The number of thioether (sulfide) groups is 1. The van der Waals surface area contributed by atoms with E-state index in [2.05, 4.69) is 23.2 Å². The number of ketones is 1. The van der Waals surface area contributed by atoms with Gasteiger partial charge in [0.2, 0.25) is 0 Å². The van der Waals surface area contributed by atoms with Crippen LogP contribution in [-0.2, 0) is 18.7 Å². The van der Waals surface area contributed by atoms with E-state index in [0.29, 0.717) is 18.7 Å². The molecule has 0 bridgehead atoms. The van der Waals surface area contributed by atoms with Gasteiger partial charge in [0.1, 0.15) is 17.6 Å². The number of hydrogen-bond acceptors (Lipinski definition) is 5. The molecule has 1 unspecified atom stereocenters. The summed E-state index contributed by atoms with van der Waals surface area (Å²) >= 11 is 1.73. The first-order valence-corrected chi connectivity index (χ1v) is 12.8. The minimum atomic E-state index is -0.191. The molecule has 0 saturated heterocycles. The van der Waals surface area contributed by atoms with Crippen LogP contribution in [0.2, 0.25) is 0 Å². The van der Waals surface area contributed by atoms with Gasteiger partial charge < -0.3 is 14.0 Å². The van der Waals surface area contributed by atoms with E-state index in [4.69, 9.17) is 9.47 Å². The summed E-state index contributed by atoms with van der Waals surface area (Å²) < 4.78 is 14.2. The van der Waals surface area contributed by atoms with Crippen molar-refractivity contribution in [3.8, 4) is 11.5 Å². The maximum Gasteiger partial charge on any atom is 0.163 e. The number of methoxy groups -OCH3 is 1. The Morgan fingerprint density at radius 1 is 1.06 bits per heavy atom. The molecule has 0 radical (unpaired) electrons. The maximum atomic E-state index is 12.7. The summed E-state index contributed by atoms with van der Waals surface area (Å²) in [4.78, 5) is 18.0. The first-order valence-electron chi connectivity index (χ1n) is 11.8. The molecule has 1 atom stereocenters. The van der Waals surface area contributed by atoms with Crippen molar-refractivity contribution >= 4 is 17.5 Å². The van der Waals surface area contributed by atoms with E-state index in [1.807, 2.05) is 65.6 Å². The molecule has 3 aromatic carbocycles. The Morgan fingerprint density at radius 3 is 2.74 bits per heavy atom. The molecule has 0 saturated carbocycles. The van der Waals surface area contributed by atoms with Gasteiger partial charge in [-0.25, -0.2) is 4.98 Å². The lowest BCUT2D eigenvalue weighted by Crippen LogP contribution is -2.18. The number of rotatable bonds is 9. The van der Waals surface area contributed by atoms with Crippen molar-refractivity contribution in [3.05, 3.63) is 108 Å². The molecule has 0 N–H and O–H groups in total. The zero-order chi connectivity index (χ0) is 24.0. The molecule has 0 amide bonds. The average molecular weight is 485 g/mol. The molecule has 1 aliphatic carbocycles. The summed E-state index contributed by atoms with van der Waals surface area (Å²) in [5.41, 5.74) is 4.18. The summed E-state index contributed by atoms with van der Waals surface area (Å²) in [6, 6.07) is 22.3. The van der Waals surface area contributed by atoms with E-state index < -0.39 is 0 Å². The second kappa shape index (κ2) is 10.8. The molecule has 0 aliphatic heterocycles. The van der Waals surface area contributed by atoms with Crippen LogP contribution in [0.3, 0.4) is 0 Å². The van der Waals surface area contributed by atoms with Crippen molar-refractivity contribution in [1.82, 2.24) is 9.55 Å². The third-order valence-electron chi connectivity index (χ3n) is 6.32. The Balaban J connectivity index is 1.49. The number of Topliss-reactive ketones (excluding diaryl/α,β-unsaturated/α-hetero) is 1. The van der Waals surface area contributed by atoms with Gasteiger partial charge in [0.05, 0.1) is 20.0 Å². The molecule has 1 aliphatic rings. The van der Waals surface area contributed by atoms with Gasteiger partial charge in [-0.2, -0.15) is 0 Å². The van der Waals surface area contributed by atoms with Crippen LogP contribution in [0.25, 0.3) is 0 Å². The predicted molar refractivity (Wildman–Crippen MR) is 138 cm³/mol. The molecule has 4 aromatic rings. The minimum Gasteiger partial charge on any atom is -0.497 e. The van der Waals surface area contributed by atoms with Crippen LogP contribution >= 0.6 is 11.8 Å². The number of carbonyl (C=O) groups is 1. The molecule has 1 aromatic heterocycles. The topological polar surface area (TPSA) is 53.4 Å². The first-order chi connectivity index (χ1) is 17.2. The Kier molecular flexibility index (Phi) is 7.19. The highest BCUT2D eigenvalue weighted by Gasteiger charge is 2.24. The lowest BCUT2D eigenvalue weighted by molar-refractivity contribution is 0.0972. The van der Waals surface area contributed by atoms with Gasteiger partial charge in [0, 0.05) is 40.6 Å². The Bertz CT molecular complexity index is 1290. The van der Waals surface area contributed by atoms with Crippen molar-refractivity contribution in [2.45, 2.75) is 42.6 Å². The van der Waals surface area contributed by atoms with Gasteiger partial charge in [-0.3, -0.25) is 4.79 Å². The number of aromatic nitrogens is 2. The van der Waals surface area contributed by atoms with Crippen LogP contribution in [0.4, 0.5) is 0 Å². The number of fused-ring (bicyclic) bond motifs is 1. The highest BCUT2D eigenvalue weighted by atomic mass is 32.2. The Morgan fingerprint density at radius 2 is 1.94 bits per heavy atom. The van der Waals surface area contributed by atoms with Gasteiger partial charge in [0.25, 0.3) is 0 Å². The molecule has 1 heterocycles. The number of benzene rings is 3. The smallest absolute Gasteiger partial charge is 0.163 e. The van der Waals surface area contributed by atoms with Gasteiger partial charge in [-0.1, -0.05) is 36.4 Å². The van der Waals surface area contributed by atoms with Crippen molar-refractivity contribution in [2.75, 3.05) is 7.11 Å². The standard InChI is InChI=1S/C29H28N2O3S/c1-33-22-9-5-10-23(17-22)35-19-26-24-11-6-12-27(32)25(24)13-14-28(26)34-29(18-31-16-15-30-20-31)21-7-3-2-4-8-21/h2-5,7-10,13-17,20,29H,6,11-12,18-19H2,1H3. The molecule has 6 heteroatoms. The summed E-state index contributed by atoms with van der Waals surface area (Å²) in [6.45, 7) is 0.641. The van der Waals surface area contributed by atoms with Crippen molar-refractivity contribution in [1.29, 1.82) is 0 Å². The summed E-state index contributed by atoms with van der Waals surface area (Å²) in [5, 5.41) is 0. The molecular formula is C29H28N2O3S. The number of imidazole rings is 1. The number of ether oxygens (including phenoxy) is 2. The predicted octanol–water partition coefficient (Wildman–Crippen LogP) is 6.52. The Labute approximate surface area is 210 Å². The largest absolute Gasteiger partial charge is 0.497 e. The van der Waals surface area contributed by atoms with E-state index in [1.165, 1.54) is 0 Å². The van der Waals surface area contributed by atoms with Gasteiger partial charge in [0.15, 0.2) is 5.78 Å². The van der Waals surface area contributed by atoms with Gasteiger partial charge >= 0.3 is 0 Å². The van der Waals surface area contributed by atoms with Crippen LogP contribution in [0.15, 0.2) is 90.3 Å². The molecule has 178 valence electrons. The fourth-order valence-corrected chi connectivity index (χ4v) is 5.51. The summed E-state index contributed by atoms with van der Waals surface area (Å²) in [7, 11) is 1.68. The minimum absolute atomic E-state index is 0.191. The number of carbonyl (C=O) groups excluding carboxylic acids is 1. The summed E-state index contributed by atoms with van der Waals surface area (Å²) in [6.07, 6.45) is 7.73. The zero-order valence-electron chi connectivity index (χ0n) is 19.7. The van der Waals surface area contributed by atoms with E-state index in [-0.39, 0.29) is 11.9 Å². The van der Waals surface area contributed by atoms with E-state index in [9.17, 15) is 4.79 Å². The van der Waals surface area contributed by atoms with E-state index in [1.54, 1.807) is 25.1 Å². The summed E-state index contributed by atoms with van der Waals surface area (Å²) in [5.74, 6) is 2.61. The molecule has 0 fully saturated rings. The Hall–Kier alpha value is -3.51. The average Bonchev–Trinajstić information content (AvgIpc) is 3.41. The molecular weight excluding hydrogens is 456 g/mol. The third kappa shape index (κ3) is 5.43. The molecule has 35 heavy (non-hydrogen) atoms. The second-order valence-electron chi connectivity index (χ2n) is 8.59. The highest BCUT2D eigenvalue weighted by Crippen LogP contribution is 2.38. The second-order valence-corrected chi connectivity index (χ2v) is 9.64. The van der Waals surface area contributed by atoms with Crippen LogP contribution in [0.5, 0.6) is 11.5 Å². The fourth-order valence-electron chi connectivity index (χ4n) is 4.51. The van der Waals surface area contributed by atoms with Crippen molar-refractivity contribution in [3.63, 3.8) is 0 Å². The van der Waals surface area contributed by atoms with E-state index >= 15 is 0 Å². The quantitative estimate of drug-likeness (QED) is 0.253. The van der Waals surface area contributed by atoms with Crippen molar-refractivity contribution in [2.24, 2.45) is 0 Å². The monoisotopic (exact) mass is 484 g/mol. The maximum absolute atomic E-state index is 12.7. The molecule has 0 spiro atoms. The fraction of sp³-hybridized carbons (Fsp3) is 0.241. The molecule has 5 nitrogen and oxygen atoms in total. The highest BCUT2D eigenvalue weighted by molar-refractivity contribution is 7.98.